The highest BCUT2D eigenvalue weighted by molar-refractivity contribution is 5.66. The van der Waals surface area contributed by atoms with Gasteiger partial charge in [-0.05, 0) is 31.1 Å². The van der Waals surface area contributed by atoms with Gasteiger partial charge in [0.25, 0.3) is 0 Å². The van der Waals surface area contributed by atoms with E-state index in [1.807, 2.05) is 0 Å². The first kappa shape index (κ1) is 10.0. The molecular formula is C10H15F2NO. The minimum Gasteiger partial charge on any atom is -0.319 e. The number of carbonyl (C=O) groups excluding carboxylic acids is 1. The zero-order valence-electron chi connectivity index (χ0n) is 8.06. The van der Waals surface area contributed by atoms with E-state index < -0.39 is 11.5 Å². The summed E-state index contributed by atoms with van der Waals surface area (Å²) in [6, 6.07) is 0. The first-order chi connectivity index (χ1) is 6.39. The SMILES string of the molecule is NC1(C=O)CC2(CCC(F)(F)CC2)C1. The highest BCUT2D eigenvalue weighted by atomic mass is 19.3. The molecule has 0 saturated heterocycles. The molecule has 1 spiro atoms. The average molecular weight is 203 g/mol. The van der Waals surface area contributed by atoms with Crippen molar-refractivity contribution in [3.05, 3.63) is 0 Å². The third-order valence-electron chi connectivity index (χ3n) is 3.69. The topological polar surface area (TPSA) is 43.1 Å². The van der Waals surface area contributed by atoms with Gasteiger partial charge >= 0.3 is 0 Å². The van der Waals surface area contributed by atoms with Gasteiger partial charge < -0.3 is 10.5 Å². The minimum atomic E-state index is -2.49. The lowest BCUT2D eigenvalue weighted by molar-refractivity contribution is -0.131. The quantitative estimate of drug-likeness (QED) is 0.661. The van der Waals surface area contributed by atoms with Gasteiger partial charge in [-0.1, -0.05) is 0 Å². The summed E-state index contributed by atoms with van der Waals surface area (Å²) in [4.78, 5) is 10.6. The summed E-state index contributed by atoms with van der Waals surface area (Å²) in [5.74, 6) is -2.49. The fraction of sp³-hybridized carbons (Fsp3) is 0.900. The predicted molar refractivity (Wildman–Crippen MR) is 48.1 cm³/mol. The minimum absolute atomic E-state index is 0.0397. The Labute approximate surface area is 81.8 Å². The molecule has 0 bridgehead atoms. The maximum absolute atomic E-state index is 12.9. The lowest BCUT2D eigenvalue weighted by atomic mass is 9.52. The number of nitrogens with two attached hydrogens (primary N) is 1. The molecule has 0 amide bonds. The molecule has 2 N–H and O–H groups in total. The van der Waals surface area contributed by atoms with Gasteiger partial charge in [-0.2, -0.15) is 0 Å². The van der Waals surface area contributed by atoms with Crippen molar-refractivity contribution in [2.24, 2.45) is 11.1 Å². The Balaban J connectivity index is 1.95. The predicted octanol–water partition coefficient (Wildman–Crippen LogP) is 1.87. The summed E-state index contributed by atoms with van der Waals surface area (Å²) in [5, 5.41) is 0. The summed E-state index contributed by atoms with van der Waals surface area (Å²) < 4.78 is 25.8. The van der Waals surface area contributed by atoms with Gasteiger partial charge in [-0.3, -0.25) is 0 Å². The zero-order chi connectivity index (χ0) is 10.4. The van der Waals surface area contributed by atoms with Gasteiger partial charge in [0.2, 0.25) is 5.92 Å². The highest BCUT2D eigenvalue weighted by Gasteiger charge is 2.55. The Morgan fingerprint density at radius 3 is 2.00 bits per heavy atom. The van der Waals surface area contributed by atoms with Gasteiger partial charge in [0.15, 0.2) is 0 Å². The first-order valence-electron chi connectivity index (χ1n) is 5.02. The van der Waals surface area contributed by atoms with Crippen molar-refractivity contribution in [1.29, 1.82) is 0 Å². The van der Waals surface area contributed by atoms with E-state index in [0.717, 1.165) is 6.29 Å². The number of alkyl halides is 2. The van der Waals surface area contributed by atoms with E-state index in [4.69, 9.17) is 5.73 Å². The Hall–Kier alpha value is -0.510. The molecule has 0 atom stereocenters. The number of aldehydes is 1. The zero-order valence-corrected chi connectivity index (χ0v) is 8.06. The lowest BCUT2D eigenvalue weighted by Gasteiger charge is -2.54. The van der Waals surface area contributed by atoms with Crippen LogP contribution >= 0.6 is 0 Å². The van der Waals surface area contributed by atoms with E-state index in [-0.39, 0.29) is 18.3 Å². The molecule has 2 aliphatic carbocycles. The Morgan fingerprint density at radius 2 is 1.57 bits per heavy atom. The maximum atomic E-state index is 12.9. The van der Waals surface area contributed by atoms with Crippen molar-refractivity contribution < 1.29 is 13.6 Å². The molecule has 2 rings (SSSR count). The largest absolute Gasteiger partial charge is 0.319 e. The van der Waals surface area contributed by atoms with Crippen molar-refractivity contribution in [3.63, 3.8) is 0 Å². The molecule has 0 aromatic heterocycles. The number of rotatable bonds is 1. The van der Waals surface area contributed by atoms with Gasteiger partial charge in [0, 0.05) is 12.8 Å². The van der Waals surface area contributed by atoms with E-state index in [1.165, 1.54) is 0 Å². The van der Waals surface area contributed by atoms with Crippen LogP contribution in [0.15, 0.2) is 0 Å². The third kappa shape index (κ3) is 1.56. The molecule has 2 nitrogen and oxygen atoms in total. The number of halogens is 2. The van der Waals surface area contributed by atoms with Crippen LogP contribution in [-0.4, -0.2) is 17.7 Å². The molecule has 4 heteroatoms. The van der Waals surface area contributed by atoms with Crippen molar-refractivity contribution >= 4 is 6.29 Å². The second-order valence-electron chi connectivity index (χ2n) is 5.06. The average Bonchev–Trinajstić information content (AvgIpc) is 2.07. The number of hydrogen-bond acceptors (Lipinski definition) is 2. The van der Waals surface area contributed by atoms with Crippen LogP contribution in [0.4, 0.5) is 8.78 Å². The molecule has 80 valence electrons. The molecular weight excluding hydrogens is 188 g/mol. The molecule has 2 saturated carbocycles. The van der Waals surface area contributed by atoms with Gasteiger partial charge in [0.05, 0.1) is 5.54 Å². The molecule has 2 aliphatic rings. The standard InChI is InChI=1S/C10H15F2NO/c11-10(12)3-1-8(2-4-10)5-9(13,6-8)7-14/h7H,1-6,13H2. The van der Waals surface area contributed by atoms with Crippen LogP contribution in [0.5, 0.6) is 0 Å². The van der Waals surface area contributed by atoms with Crippen molar-refractivity contribution in [3.8, 4) is 0 Å². The van der Waals surface area contributed by atoms with Crippen LogP contribution in [0.2, 0.25) is 0 Å². The van der Waals surface area contributed by atoms with Gasteiger partial charge in [0.1, 0.15) is 6.29 Å². The van der Waals surface area contributed by atoms with Gasteiger partial charge in [-0.25, -0.2) is 8.78 Å². The van der Waals surface area contributed by atoms with Crippen molar-refractivity contribution in [2.75, 3.05) is 0 Å². The van der Waals surface area contributed by atoms with Crippen LogP contribution in [0.25, 0.3) is 0 Å². The van der Waals surface area contributed by atoms with Crippen molar-refractivity contribution in [1.82, 2.24) is 0 Å². The second kappa shape index (κ2) is 2.75. The molecule has 0 aliphatic heterocycles. The summed E-state index contributed by atoms with van der Waals surface area (Å²) in [6.07, 6.45) is 2.92. The summed E-state index contributed by atoms with van der Waals surface area (Å²) in [7, 11) is 0. The van der Waals surface area contributed by atoms with Gasteiger partial charge in [-0.15, -0.1) is 0 Å². The summed E-state index contributed by atoms with van der Waals surface area (Å²) >= 11 is 0. The Kier molecular flexibility index (Phi) is 1.97. The first-order valence-corrected chi connectivity index (χ1v) is 5.02. The van der Waals surface area contributed by atoms with E-state index in [1.54, 1.807) is 0 Å². The van der Waals surface area contributed by atoms with E-state index >= 15 is 0 Å². The molecule has 0 radical (unpaired) electrons. The molecule has 0 heterocycles. The normalized spacial score (nSPS) is 32.2. The van der Waals surface area contributed by atoms with Crippen molar-refractivity contribution in [2.45, 2.75) is 50.0 Å². The Morgan fingerprint density at radius 1 is 1.07 bits per heavy atom. The fourth-order valence-corrected chi connectivity index (χ4v) is 2.93. The number of carbonyl (C=O) groups is 1. The van der Waals surface area contributed by atoms with Crippen LogP contribution in [0.3, 0.4) is 0 Å². The van der Waals surface area contributed by atoms with Crippen LogP contribution in [-0.2, 0) is 4.79 Å². The number of hydrogen-bond donors (Lipinski definition) is 1. The van der Waals surface area contributed by atoms with Crippen LogP contribution in [0.1, 0.15) is 38.5 Å². The lowest BCUT2D eigenvalue weighted by Crippen LogP contribution is -2.60. The smallest absolute Gasteiger partial charge is 0.248 e. The Bertz CT molecular complexity index is 247. The third-order valence-corrected chi connectivity index (χ3v) is 3.69. The molecule has 0 aromatic carbocycles. The second-order valence-corrected chi connectivity index (χ2v) is 5.06. The summed E-state index contributed by atoms with van der Waals surface area (Å²) in [6.45, 7) is 0. The summed E-state index contributed by atoms with van der Waals surface area (Å²) in [5.41, 5.74) is 4.96. The molecule has 14 heavy (non-hydrogen) atoms. The maximum Gasteiger partial charge on any atom is 0.248 e. The molecule has 0 unspecified atom stereocenters. The van der Waals surface area contributed by atoms with E-state index in [2.05, 4.69) is 0 Å². The van der Waals surface area contributed by atoms with Crippen LogP contribution < -0.4 is 5.73 Å². The molecule has 0 aromatic rings. The van der Waals surface area contributed by atoms with E-state index in [0.29, 0.717) is 25.7 Å². The highest BCUT2D eigenvalue weighted by Crippen LogP contribution is 2.57. The van der Waals surface area contributed by atoms with E-state index in [9.17, 15) is 13.6 Å². The molecule has 2 fully saturated rings. The monoisotopic (exact) mass is 203 g/mol. The fourth-order valence-electron chi connectivity index (χ4n) is 2.93. The van der Waals surface area contributed by atoms with Crippen LogP contribution in [0, 0.1) is 5.41 Å².